The van der Waals surface area contributed by atoms with Crippen molar-refractivity contribution in [3.8, 4) is 11.8 Å². The van der Waals surface area contributed by atoms with Crippen molar-refractivity contribution >= 4 is 5.97 Å². The summed E-state index contributed by atoms with van der Waals surface area (Å²) in [4.78, 5) is 10.8. The summed E-state index contributed by atoms with van der Waals surface area (Å²) < 4.78 is 5.06. The van der Waals surface area contributed by atoms with Crippen LogP contribution in [-0.2, 0) is 9.53 Å². The maximum atomic E-state index is 10.8. The van der Waals surface area contributed by atoms with Gasteiger partial charge in [0, 0.05) is 13.3 Å². The minimum atomic E-state index is -0.289. The summed E-state index contributed by atoms with van der Waals surface area (Å²) in [7, 11) is 0. The van der Waals surface area contributed by atoms with E-state index in [-0.39, 0.29) is 12.1 Å². The van der Waals surface area contributed by atoms with Crippen LogP contribution >= 0.6 is 0 Å². The first kappa shape index (κ1) is 13.5. The van der Waals surface area contributed by atoms with Gasteiger partial charge in [-0.3, -0.25) is 4.79 Å². The Morgan fingerprint density at radius 2 is 2.20 bits per heavy atom. The number of rotatable bonds is 6. The highest BCUT2D eigenvalue weighted by atomic mass is 16.5. The molecule has 2 heteroatoms. The van der Waals surface area contributed by atoms with Crippen LogP contribution in [0.2, 0.25) is 0 Å². The van der Waals surface area contributed by atoms with Gasteiger partial charge in [-0.1, -0.05) is 24.0 Å². The van der Waals surface area contributed by atoms with Crippen LogP contribution in [0.5, 0.6) is 0 Å². The van der Waals surface area contributed by atoms with Gasteiger partial charge in [-0.25, -0.2) is 0 Å². The Hall–Kier alpha value is -1.49. The monoisotopic (exact) mass is 206 g/mol. The van der Waals surface area contributed by atoms with Gasteiger partial charge in [-0.05, 0) is 19.3 Å². The molecule has 0 bridgehead atoms. The summed E-state index contributed by atoms with van der Waals surface area (Å²) in [5.41, 5.74) is 0. The third-order valence-electron chi connectivity index (χ3n) is 1.69. The second kappa shape index (κ2) is 9.08. The molecule has 0 spiro atoms. The molecule has 0 heterocycles. The largest absolute Gasteiger partial charge is 0.449 e. The first-order valence-electron chi connectivity index (χ1n) is 5.08. The lowest BCUT2D eigenvalue weighted by atomic mass is 10.1. The number of ether oxygens (including phenoxy) is 1. The van der Waals surface area contributed by atoms with Crippen LogP contribution in [0.3, 0.4) is 0 Å². The molecule has 0 saturated carbocycles. The summed E-state index contributed by atoms with van der Waals surface area (Å²) >= 11 is 0. The molecular weight excluding hydrogens is 188 g/mol. The number of hydrogen-bond donors (Lipinski definition) is 0. The van der Waals surface area contributed by atoms with E-state index in [1.165, 1.54) is 6.92 Å². The predicted octanol–water partition coefficient (Wildman–Crippen LogP) is 2.85. The van der Waals surface area contributed by atoms with Gasteiger partial charge in [0.1, 0.15) is 0 Å². The van der Waals surface area contributed by atoms with Gasteiger partial charge >= 0.3 is 5.97 Å². The van der Waals surface area contributed by atoms with Crippen molar-refractivity contribution in [3.05, 3.63) is 25.3 Å². The van der Waals surface area contributed by atoms with Crippen LogP contribution in [0.4, 0.5) is 0 Å². The molecule has 0 aromatic carbocycles. The van der Waals surface area contributed by atoms with Crippen molar-refractivity contribution in [2.24, 2.45) is 0 Å². The Bertz CT molecular complexity index is 268. The quantitative estimate of drug-likeness (QED) is 0.289. The van der Waals surface area contributed by atoms with Gasteiger partial charge in [-0.15, -0.1) is 13.2 Å². The lowest BCUT2D eigenvalue weighted by molar-refractivity contribution is -0.143. The first-order chi connectivity index (χ1) is 7.20. The van der Waals surface area contributed by atoms with Gasteiger partial charge in [0.15, 0.2) is 6.10 Å². The molecule has 1 unspecified atom stereocenters. The van der Waals surface area contributed by atoms with Crippen LogP contribution in [0.15, 0.2) is 25.3 Å². The number of carbonyl (C=O) groups excluding carboxylic acids is 1. The minimum absolute atomic E-state index is 0.286. The van der Waals surface area contributed by atoms with E-state index >= 15 is 0 Å². The third-order valence-corrected chi connectivity index (χ3v) is 1.69. The second-order valence-electron chi connectivity index (χ2n) is 3.13. The minimum Gasteiger partial charge on any atom is -0.449 e. The van der Waals surface area contributed by atoms with Crippen molar-refractivity contribution in [1.29, 1.82) is 0 Å². The molecule has 0 fully saturated rings. The highest BCUT2D eigenvalue weighted by molar-refractivity contribution is 5.66. The molecule has 2 nitrogen and oxygen atoms in total. The summed E-state index contributed by atoms with van der Waals surface area (Å²) in [6.07, 6.45) is 6.52. The number of hydrogen-bond acceptors (Lipinski definition) is 2. The standard InChI is InChI=1S/C13H18O2/c1-4-6-8-10-13(15-12(3)14)11-9-7-5-2/h4-5,13H,1-2,6-8,10H2,3H3. The summed E-state index contributed by atoms with van der Waals surface area (Å²) in [6, 6.07) is 0. The van der Waals surface area contributed by atoms with E-state index in [0.717, 1.165) is 19.3 Å². The first-order valence-corrected chi connectivity index (χ1v) is 5.08. The Morgan fingerprint density at radius 1 is 1.47 bits per heavy atom. The number of allylic oxidation sites excluding steroid dienone is 2. The Balaban J connectivity index is 4.06. The fourth-order valence-electron chi connectivity index (χ4n) is 1.05. The van der Waals surface area contributed by atoms with Crippen molar-refractivity contribution < 1.29 is 9.53 Å². The smallest absolute Gasteiger partial charge is 0.303 e. The van der Waals surface area contributed by atoms with Crippen molar-refractivity contribution in [1.82, 2.24) is 0 Å². The topological polar surface area (TPSA) is 26.3 Å². The van der Waals surface area contributed by atoms with Gasteiger partial charge in [0.05, 0.1) is 0 Å². The molecular formula is C13H18O2. The van der Waals surface area contributed by atoms with E-state index in [2.05, 4.69) is 25.0 Å². The third kappa shape index (κ3) is 8.83. The molecule has 0 aliphatic rings. The molecule has 0 radical (unpaired) electrons. The molecule has 0 aliphatic heterocycles. The molecule has 0 aliphatic carbocycles. The lowest BCUT2D eigenvalue weighted by Crippen LogP contribution is -2.14. The van der Waals surface area contributed by atoms with Crippen LogP contribution < -0.4 is 0 Å². The lowest BCUT2D eigenvalue weighted by Gasteiger charge is -2.09. The zero-order valence-corrected chi connectivity index (χ0v) is 9.29. The molecule has 0 N–H and O–H groups in total. The molecule has 0 saturated heterocycles. The maximum absolute atomic E-state index is 10.8. The average Bonchev–Trinajstić information content (AvgIpc) is 2.17. The van der Waals surface area contributed by atoms with Crippen molar-refractivity contribution in [3.63, 3.8) is 0 Å². The summed E-state index contributed by atoms with van der Waals surface area (Å²) in [5.74, 6) is 5.52. The highest BCUT2D eigenvalue weighted by Crippen LogP contribution is 2.05. The molecule has 82 valence electrons. The molecule has 1 atom stereocenters. The van der Waals surface area contributed by atoms with Crippen LogP contribution in [0.25, 0.3) is 0 Å². The van der Waals surface area contributed by atoms with E-state index < -0.39 is 0 Å². The van der Waals surface area contributed by atoms with Crippen molar-refractivity contribution in [2.75, 3.05) is 0 Å². The molecule has 15 heavy (non-hydrogen) atoms. The van der Waals surface area contributed by atoms with E-state index in [1.807, 2.05) is 6.08 Å². The predicted molar refractivity (Wildman–Crippen MR) is 62.2 cm³/mol. The number of esters is 1. The number of unbranched alkanes of at least 4 members (excludes halogenated alkanes) is 1. The van der Waals surface area contributed by atoms with E-state index in [9.17, 15) is 4.79 Å². The second-order valence-corrected chi connectivity index (χ2v) is 3.13. The SMILES string of the molecule is C=CCC#CC(CCCC=C)OC(C)=O. The van der Waals surface area contributed by atoms with Gasteiger partial charge in [0.25, 0.3) is 0 Å². The summed E-state index contributed by atoms with van der Waals surface area (Å²) in [6.45, 7) is 8.61. The fourth-order valence-corrected chi connectivity index (χ4v) is 1.05. The molecule has 0 aromatic heterocycles. The average molecular weight is 206 g/mol. The van der Waals surface area contributed by atoms with E-state index in [1.54, 1.807) is 6.08 Å². The van der Waals surface area contributed by atoms with Gasteiger partial charge < -0.3 is 4.74 Å². The summed E-state index contributed by atoms with van der Waals surface area (Å²) in [5, 5.41) is 0. The molecule has 0 aromatic rings. The van der Waals surface area contributed by atoms with E-state index in [4.69, 9.17) is 4.74 Å². The molecule has 0 rings (SSSR count). The fraction of sp³-hybridized carbons (Fsp3) is 0.462. The Kier molecular flexibility index (Phi) is 8.18. The van der Waals surface area contributed by atoms with Crippen LogP contribution in [-0.4, -0.2) is 12.1 Å². The molecule has 0 amide bonds. The van der Waals surface area contributed by atoms with Gasteiger partial charge in [-0.2, -0.15) is 0 Å². The zero-order chi connectivity index (χ0) is 11.5. The van der Waals surface area contributed by atoms with Crippen LogP contribution in [0, 0.1) is 11.8 Å². The zero-order valence-electron chi connectivity index (χ0n) is 9.29. The Morgan fingerprint density at radius 3 is 2.73 bits per heavy atom. The Labute approximate surface area is 92.0 Å². The van der Waals surface area contributed by atoms with E-state index in [0.29, 0.717) is 6.42 Å². The van der Waals surface area contributed by atoms with Gasteiger partial charge in [0.2, 0.25) is 0 Å². The number of carbonyl (C=O) groups is 1. The van der Waals surface area contributed by atoms with Crippen LogP contribution in [0.1, 0.15) is 32.6 Å². The van der Waals surface area contributed by atoms with Crippen molar-refractivity contribution in [2.45, 2.75) is 38.7 Å². The normalized spacial score (nSPS) is 10.7. The highest BCUT2D eigenvalue weighted by Gasteiger charge is 2.07. The maximum Gasteiger partial charge on any atom is 0.303 e.